The number of benzene rings is 2. The molecule has 6 heteroatoms. The lowest BCUT2D eigenvalue weighted by Gasteiger charge is -2.19. The highest BCUT2D eigenvalue weighted by Gasteiger charge is 2.36. The van der Waals surface area contributed by atoms with Crippen LogP contribution < -0.4 is 10.2 Å². The van der Waals surface area contributed by atoms with E-state index in [9.17, 15) is 9.59 Å². The van der Waals surface area contributed by atoms with E-state index in [1.54, 1.807) is 23.1 Å². The van der Waals surface area contributed by atoms with Crippen LogP contribution in [0.3, 0.4) is 0 Å². The van der Waals surface area contributed by atoms with Crippen molar-refractivity contribution in [3.8, 4) is 0 Å². The molecule has 0 unspecified atom stereocenters. The second kappa shape index (κ2) is 8.32. The third kappa shape index (κ3) is 4.12. The van der Waals surface area contributed by atoms with Crippen LogP contribution >= 0.6 is 23.2 Å². The maximum absolute atomic E-state index is 12.9. The second-order valence-electron chi connectivity index (χ2n) is 6.65. The van der Waals surface area contributed by atoms with E-state index in [-0.39, 0.29) is 18.2 Å². The fourth-order valence-electron chi connectivity index (χ4n) is 3.44. The first-order chi connectivity index (χ1) is 12.9. The summed E-state index contributed by atoms with van der Waals surface area (Å²) in [5.41, 5.74) is 3.62. The summed E-state index contributed by atoms with van der Waals surface area (Å²) in [6, 6.07) is 11.0. The zero-order valence-electron chi connectivity index (χ0n) is 15.4. The van der Waals surface area contributed by atoms with Crippen LogP contribution in [0.25, 0.3) is 0 Å². The van der Waals surface area contributed by atoms with Gasteiger partial charge in [-0.2, -0.15) is 0 Å². The molecule has 1 aliphatic rings. The van der Waals surface area contributed by atoms with Crippen molar-refractivity contribution in [2.45, 2.75) is 33.1 Å². The SMILES string of the molecule is CCc1cccc(CC)c1NC(=O)[C@H]1CC(=O)N(c2cc(Cl)ccc2Cl)C1. The van der Waals surface area contributed by atoms with Crippen molar-refractivity contribution < 1.29 is 9.59 Å². The number of hydrogen-bond acceptors (Lipinski definition) is 2. The van der Waals surface area contributed by atoms with Crippen LogP contribution in [-0.4, -0.2) is 18.4 Å². The summed E-state index contributed by atoms with van der Waals surface area (Å²) in [7, 11) is 0. The molecule has 1 saturated heterocycles. The lowest BCUT2D eigenvalue weighted by Crippen LogP contribution is -2.28. The van der Waals surface area contributed by atoms with Crippen LogP contribution in [0, 0.1) is 5.92 Å². The average Bonchev–Trinajstić information content (AvgIpc) is 3.05. The molecule has 1 N–H and O–H groups in total. The first-order valence-electron chi connectivity index (χ1n) is 9.11. The molecule has 1 fully saturated rings. The van der Waals surface area contributed by atoms with Gasteiger partial charge in [0.2, 0.25) is 11.8 Å². The summed E-state index contributed by atoms with van der Waals surface area (Å²) in [4.78, 5) is 26.9. The maximum atomic E-state index is 12.9. The fraction of sp³-hybridized carbons (Fsp3) is 0.333. The number of para-hydroxylation sites is 1. The minimum absolute atomic E-state index is 0.126. The van der Waals surface area contributed by atoms with Gasteiger partial charge < -0.3 is 10.2 Å². The molecular formula is C21H22Cl2N2O2. The molecule has 1 aliphatic heterocycles. The van der Waals surface area contributed by atoms with Gasteiger partial charge in [-0.25, -0.2) is 0 Å². The number of amides is 2. The van der Waals surface area contributed by atoms with E-state index in [0.29, 0.717) is 22.3 Å². The maximum Gasteiger partial charge on any atom is 0.229 e. The number of carbonyl (C=O) groups excluding carboxylic acids is 2. The molecule has 3 rings (SSSR count). The highest BCUT2D eigenvalue weighted by atomic mass is 35.5. The van der Waals surface area contributed by atoms with Gasteiger partial charge in [0.1, 0.15) is 0 Å². The Labute approximate surface area is 169 Å². The van der Waals surface area contributed by atoms with Crippen LogP contribution in [0.2, 0.25) is 10.0 Å². The van der Waals surface area contributed by atoms with Crippen molar-refractivity contribution in [1.82, 2.24) is 0 Å². The van der Waals surface area contributed by atoms with Crippen LogP contribution in [0.15, 0.2) is 36.4 Å². The first-order valence-corrected chi connectivity index (χ1v) is 9.87. The van der Waals surface area contributed by atoms with E-state index in [1.807, 2.05) is 18.2 Å². The average molecular weight is 405 g/mol. The summed E-state index contributed by atoms with van der Waals surface area (Å²) in [6.45, 7) is 4.42. The Bertz CT molecular complexity index is 860. The molecule has 2 amide bonds. The van der Waals surface area contributed by atoms with Crippen molar-refractivity contribution in [1.29, 1.82) is 0 Å². The first kappa shape index (κ1) is 19.7. The second-order valence-corrected chi connectivity index (χ2v) is 7.49. The lowest BCUT2D eigenvalue weighted by molar-refractivity contribution is -0.122. The molecule has 2 aromatic rings. The summed E-state index contributed by atoms with van der Waals surface area (Å²) in [5, 5.41) is 4.01. The van der Waals surface area contributed by atoms with Gasteiger partial charge in [0.15, 0.2) is 0 Å². The van der Waals surface area contributed by atoms with Crippen molar-refractivity contribution in [2.75, 3.05) is 16.8 Å². The molecular weight excluding hydrogens is 383 g/mol. The minimum atomic E-state index is -0.429. The molecule has 2 aromatic carbocycles. The topological polar surface area (TPSA) is 49.4 Å². The summed E-state index contributed by atoms with van der Waals surface area (Å²) >= 11 is 12.3. The number of rotatable bonds is 5. The minimum Gasteiger partial charge on any atom is -0.325 e. The summed E-state index contributed by atoms with van der Waals surface area (Å²) in [6.07, 6.45) is 1.82. The third-order valence-electron chi connectivity index (χ3n) is 4.94. The van der Waals surface area contributed by atoms with Gasteiger partial charge in [-0.1, -0.05) is 55.2 Å². The number of halogens is 2. The molecule has 0 spiro atoms. The number of aryl methyl sites for hydroxylation is 2. The number of nitrogens with zero attached hydrogens (tertiary/aromatic N) is 1. The Morgan fingerprint density at radius 2 is 1.81 bits per heavy atom. The standard InChI is InChI=1S/C21H22Cl2N2O2/c1-3-13-6-5-7-14(4-2)20(13)24-21(27)15-10-19(26)25(12-15)18-11-16(22)8-9-17(18)23/h5-9,11,15H,3-4,10,12H2,1-2H3,(H,24,27)/t15-/m0/s1. The smallest absolute Gasteiger partial charge is 0.229 e. The van der Waals surface area contributed by atoms with Crippen LogP contribution in [0.4, 0.5) is 11.4 Å². The molecule has 0 aromatic heterocycles. The Hall–Kier alpha value is -2.04. The van der Waals surface area contributed by atoms with E-state index >= 15 is 0 Å². The van der Waals surface area contributed by atoms with Gasteiger partial charge in [-0.15, -0.1) is 0 Å². The van der Waals surface area contributed by atoms with Crippen LogP contribution in [0.1, 0.15) is 31.4 Å². The third-order valence-corrected chi connectivity index (χ3v) is 5.50. The lowest BCUT2D eigenvalue weighted by atomic mass is 10.0. The highest BCUT2D eigenvalue weighted by molar-refractivity contribution is 6.36. The van der Waals surface area contributed by atoms with Gasteiger partial charge in [-0.3, -0.25) is 9.59 Å². The number of hydrogen-bond donors (Lipinski definition) is 1. The van der Waals surface area contributed by atoms with E-state index in [0.717, 1.165) is 29.7 Å². The predicted molar refractivity (Wildman–Crippen MR) is 111 cm³/mol. The molecule has 0 saturated carbocycles. The molecule has 27 heavy (non-hydrogen) atoms. The van der Waals surface area contributed by atoms with Crippen LogP contribution in [0.5, 0.6) is 0 Å². The fourth-order valence-corrected chi connectivity index (χ4v) is 3.82. The number of nitrogens with one attached hydrogen (secondary N) is 1. The highest BCUT2D eigenvalue weighted by Crippen LogP contribution is 2.34. The molecule has 0 aliphatic carbocycles. The Balaban J connectivity index is 1.80. The predicted octanol–water partition coefficient (Wildman–Crippen LogP) is 5.11. The number of anilines is 2. The molecule has 0 bridgehead atoms. The Morgan fingerprint density at radius 1 is 1.15 bits per heavy atom. The Kier molecular flexibility index (Phi) is 6.08. The van der Waals surface area contributed by atoms with Crippen molar-refractivity contribution in [3.05, 3.63) is 57.6 Å². The van der Waals surface area contributed by atoms with Gasteiger partial charge in [0.05, 0.1) is 16.6 Å². The van der Waals surface area contributed by atoms with Crippen LogP contribution in [-0.2, 0) is 22.4 Å². The summed E-state index contributed by atoms with van der Waals surface area (Å²) in [5.74, 6) is -0.694. The zero-order valence-corrected chi connectivity index (χ0v) is 16.9. The monoisotopic (exact) mass is 404 g/mol. The molecule has 0 radical (unpaired) electrons. The largest absolute Gasteiger partial charge is 0.325 e. The van der Waals surface area contributed by atoms with Gasteiger partial charge in [0.25, 0.3) is 0 Å². The van der Waals surface area contributed by atoms with Crippen molar-refractivity contribution >= 4 is 46.4 Å². The quantitative estimate of drug-likeness (QED) is 0.752. The number of carbonyl (C=O) groups is 2. The Morgan fingerprint density at radius 3 is 2.44 bits per heavy atom. The zero-order chi connectivity index (χ0) is 19.6. The van der Waals surface area contributed by atoms with E-state index < -0.39 is 5.92 Å². The van der Waals surface area contributed by atoms with E-state index in [2.05, 4.69) is 19.2 Å². The van der Waals surface area contributed by atoms with Gasteiger partial charge in [-0.05, 0) is 42.2 Å². The normalized spacial score (nSPS) is 16.7. The van der Waals surface area contributed by atoms with E-state index in [4.69, 9.17) is 23.2 Å². The van der Waals surface area contributed by atoms with Crippen molar-refractivity contribution in [2.24, 2.45) is 5.92 Å². The van der Waals surface area contributed by atoms with Gasteiger partial charge in [0, 0.05) is 23.7 Å². The van der Waals surface area contributed by atoms with Gasteiger partial charge >= 0.3 is 0 Å². The van der Waals surface area contributed by atoms with E-state index in [1.165, 1.54) is 0 Å². The molecule has 4 nitrogen and oxygen atoms in total. The molecule has 1 atom stereocenters. The molecule has 1 heterocycles. The molecule has 142 valence electrons. The summed E-state index contributed by atoms with van der Waals surface area (Å²) < 4.78 is 0. The van der Waals surface area contributed by atoms with Crippen molar-refractivity contribution in [3.63, 3.8) is 0 Å².